The fourth-order valence-corrected chi connectivity index (χ4v) is 2.23. The van der Waals surface area contributed by atoms with Crippen molar-refractivity contribution < 1.29 is 9.90 Å². The number of hydrogen-bond donors (Lipinski definition) is 2. The van der Waals surface area contributed by atoms with Crippen molar-refractivity contribution in [1.82, 2.24) is 15.1 Å². The molecule has 2 atom stereocenters. The highest BCUT2D eigenvalue weighted by atomic mass is 16.3. The van der Waals surface area contributed by atoms with Gasteiger partial charge in [-0.2, -0.15) is 5.10 Å². The van der Waals surface area contributed by atoms with Gasteiger partial charge in [-0.1, -0.05) is 20.8 Å². The van der Waals surface area contributed by atoms with Crippen LogP contribution in [0.1, 0.15) is 62.6 Å². The van der Waals surface area contributed by atoms with Gasteiger partial charge in [0.05, 0.1) is 17.8 Å². The Hall–Kier alpha value is -1.36. The molecule has 114 valence electrons. The zero-order chi connectivity index (χ0) is 15.3. The van der Waals surface area contributed by atoms with E-state index in [1.165, 1.54) is 0 Å². The van der Waals surface area contributed by atoms with Crippen molar-refractivity contribution in [2.45, 2.75) is 59.5 Å². The molecule has 1 heterocycles. The third kappa shape index (κ3) is 3.60. The number of carbonyl (C=O) groups excluding carboxylic acids is 1. The monoisotopic (exact) mass is 281 g/mol. The Bertz CT molecular complexity index is 438. The molecule has 0 spiro atoms. The predicted octanol–water partition coefficient (Wildman–Crippen LogP) is 2.30. The number of aliphatic hydroxyl groups is 1. The minimum Gasteiger partial charge on any atom is -0.396 e. The van der Waals surface area contributed by atoms with Crippen molar-refractivity contribution in [3.8, 4) is 0 Å². The molecule has 2 N–H and O–H groups in total. The van der Waals surface area contributed by atoms with E-state index in [1.54, 1.807) is 6.20 Å². The molecule has 1 aromatic rings. The van der Waals surface area contributed by atoms with E-state index in [-0.39, 0.29) is 24.5 Å². The first kappa shape index (κ1) is 16.7. The van der Waals surface area contributed by atoms with Gasteiger partial charge in [-0.05, 0) is 32.6 Å². The van der Waals surface area contributed by atoms with Gasteiger partial charge < -0.3 is 10.4 Å². The van der Waals surface area contributed by atoms with E-state index in [0.29, 0.717) is 11.6 Å². The fourth-order valence-electron chi connectivity index (χ4n) is 2.23. The number of nitrogens with zero attached hydrogens (tertiary/aromatic N) is 2. The Morgan fingerprint density at radius 1 is 1.40 bits per heavy atom. The number of rotatable bonds is 7. The summed E-state index contributed by atoms with van der Waals surface area (Å²) in [5, 5.41) is 16.4. The number of amides is 1. The van der Waals surface area contributed by atoms with Gasteiger partial charge in [-0.3, -0.25) is 9.48 Å². The number of hydrogen-bond acceptors (Lipinski definition) is 3. The lowest BCUT2D eigenvalue weighted by Gasteiger charge is -2.19. The lowest BCUT2D eigenvalue weighted by Crippen LogP contribution is -2.38. The van der Waals surface area contributed by atoms with Crippen molar-refractivity contribution in [3.63, 3.8) is 0 Å². The van der Waals surface area contributed by atoms with E-state index >= 15 is 0 Å². The van der Waals surface area contributed by atoms with E-state index in [4.69, 9.17) is 5.11 Å². The molecular weight excluding hydrogens is 254 g/mol. The first-order valence-corrected chi connectivity index (χ1v) is 7.41. The number of carbonyl (C=O) groups is 1. The lowest BCUT2D eigenvalue weighted by molar-refractivity contribution is 0.0915. The quantitative estimate of drug-likeness (QED) is 0.806. The van der Waals surface area contributed by atoms with Gasteiger partial charge in [0.2, 0.25) is 0 Å². The SMILES string of the molecule is CCC(CC)n1ncc(C(=O)NC(C)C(C)CO)c1C. The van der Waals surface area contributed by atoms with Crippen molar-refractivity contribution in [3.05, 3.63) is 17.5 Å². The van der Waals surface area contributed by atoms with Gasteiger partial charge in [0, 0.05) is 18.3 Å². The molecule has 1 amide bonds. The van der Waals surface area contributed by atoms with Gasteiger partial charge in [0.15, 0.2) is 0 Å². The molecule has 0 saturated heterocycles. The molecule has 1 rings (SSSR count). The molecule has 0 saturated carbocycles. The van der Waals surface area contributed by atoms with Crippen LogP contribution in [0.25, 0.3) is 0 Å². The summed E-state index contributed by atoms with van der Waals surface area (Å²) in [6, 6.07) is 0.272. The minimum absolute atomic E-state index is 0.0355. The van der Waals surface area contributed by atoms with E-state index in [0.717, 1.165) is 18.5 Å². The van der Waals surface area contributed by atoms with Gasteiger partial charge in [0.25, 0.3) is 5.91 Å². The Kier molecular flexibility index (Phi) is 6.20. The van der Waals surface area contributed by atoms with Crippen molar-refractivity contribution in [2.75, 3.05) is 6.61 Å². The highest BCUT2D eigenvalue weighted by molar-refractivity contribution is 5.95. The third-order valence-electron chi connectivity index (χ3n) is 4.08. The van der Waals surface area contributed by atoms with Crippen LogP contribution in [0.3, 0.4) is 0 Å². The second-order valence-electron chi connectivity index (χ2n) is 5.48. The molecule has 0 aromatic carbocycles. The van der Waals surface area contributed by atoms with Crippen LogP contribution >= 0.6 is 0 Å². The van der Waals surface area contributed by atoms with Gasteiger partial charge in [-0.15, -0.1) is 0 Å². The summed E-state index contributed by atoms with van der Waals surface area (Å²) in [5.74, 6) is -0.0826. The Morgan fingerprint density at radius 2 is 2.00 bits per heavy atom. The van der Waals surface area contributed by atoms with Crippen LogP contribution in [-0.4, -0.2) is 33.4 Å². The largest absolute Gasteiger partial charge is 0.396 e. The van der Waals surface area contributed by atoms with Crippen molar-refractivity contribution >= 4 is 5.91 Å². The van der Waals surface area contributed by atoms with E-state index in [2.05, 4.69) is 24.3 Å². The first-order chi connectivity index (χ1) is 9.46. The molecule has 0 fully saturated rings. The normalized spacial score (nSPS) is 14.3. The second kappa shape index (κ2) is 7.43. The maximum absolute atomic E-state index is 12.3. The van der Waals surface area contributed by atoms with Crippen LogP contribution in [0.4, 0.5) is 0 Å². The number of nitrogens with one attached hydrogen (secondary N) is 1. The molecule has 0 aliphatic carbocycles. The smallest absolute Gasteiger partial charge is 0.254 e. The Morgan fingerprint density at radius 3 is 2.50 bits per heavy atom. The second-order valence-corrected chi connectivity index (χ2v) is 5.48. The summed E-state index contributed by atoms with van der Waals surface area (Å²) in [7, 11) is 0. The Labute approximate surface area is 121 Å². The zero-order valence-corrected chi connectivity index (χ0v) is 13.2. The minimum atomic E-state index is -0.118. The molecule has 1 aromatic heterocycles. The van der Waals surface area contributed by atoms with Crippen LogP contribution in [0.5, 0.6) is 0 Å². The molecule has 20 heavy (non-hydrogen) atoms. The van der Waals surface area contributed by atoms with E-state index in [1.807, 2.05) is 25.5 Å². The average Bonchev–Trinajstić information content (AvgIpc) is 2.81. The average molecular weight is 281 g/mol. The molecule has 2 unspecified atom stereocenters. The zero-order valence-electron chi connectivity index (χ0n) is 13.2. The van der Waals surface area contributed by atoms with Crippen molar-refractivity contribution in [1.29, 1.82) is 0 Å². The maximum atomic E-state index is 12.3. The van der Waals surface area contributed by atoms with E-state index in [9.17, 15) is 4.79 Å². The molecule has 0 aliphatic heterocycles. The van der Waals surface area contributed by atoms with Gasteiger partial charge in [-0.25, -0.2) is 0 Å². The maximum Gasteiger partial charge on any atom is 0.254 e. The molecule has 5 heteroatoms. The van der Waals surface area contributed by atoms with Crippen LogP contribution in [0.15, 0.2) is 6.20 Å². The number of aliphatic hydroxyl groups excluding tert-OH is 1. The first-order valence-electron chi connectivity index (χ1n) is 7.41. The predicted molar refractivity (Wildman–Crippen MR) is 79.8 cm³/mol. The molecule has 0 radical (unpaired) electrons. The standard InChI is InChI=1S/C15H27N3O2/c1-6-13(7-2)18-12(5)14(8-16-18)15(20)17-11(4)10(3)9-19/h8,10-11,13,19H,6-7,9H2,1-5H3,(H,17,20). The van der Waals surface area contributed by atoms with Gasteiger partial charge >= 0.3 is 0 Å². The highest BCUT2D eigenvalue weighted by Crippen LogP contribution is 2.19. The fraction of sp³-hybridized carbons (Fsp3) is 0.733. The highest BCUT2D eigenvalue weighted by Gasteiger charge is 2.20. The molecule has 0 bridgehead atoms. The van der Waals surface area contributed by atoms with E-state index < -0.39 is 0 Å². The number of aromatic nitrogens is 2. The molecule has 0 aliphatic rings. The lowest BCUT2D eigenvalue weighted by atomic mass is 10.0. The summed E-state index contributed by atoms with van der Waals surface area (Å²) < 4.78 is 1.94. The summed E-state index contributed by atoms with van der Waals surface area (Å²) in [6.07, 6.45) is 3.63. The molecular formula is C15H27N3O2. The van der Waals surface area contributed by atoms with Crippen LogP contribution < -0.4 is 5.32 Å². The third-order valence-corrected chi connectivity index (χ3v) is 4.08. The van der Waals surface area contributed by atoms with Gasteiger partial charge in [0.1, 0.15) is 0 Å². The Balaban J connectivity index is 2.85. The van der Waals surface area contributed by atoms with Crippen LogP contribution in [-0.2, 0) is 0 Å². The molecule has 5 nitrogen and oxygen atoms in total. The summed E-state index contributed by atoms with van der Waals surface area (Å²) >= 11 is 0. The topological polar surface area (TPSA) is 67.2 Å². The van der Waals surface area contributed by atoms with Crippen LogP contribution in [0, 0.1) is 12.8 Å². The summed E-state index contributed by atoms with van der Waals surface area (Å²) in [6.45, 7) is 10.1. The van der Waals surface area contributed by atoms with Crippen LogP contribution in [0.2, 0.25) is 0 Å². The van der Waals surface area contributed by atoms with Crippen molar-refractivity contribution in [2.24, 2.45) is 5.92 Å². The summed E-state index contributed by atoms with van der Waals surface area (Å²) in [5.41, 5.74) is 1.52. The summed E-state index contributed by atoms with van der Waals surface area (Å²) in [4.78, 5) is 12.3.